The van der Waals surface area contributed by atoms with Crippen LogP contribution < -0.4 is 4.74 Å². The summed E-state index contributed by atoms with van der Waals surface area (Å²) in [6.07, 6.45) is 1.29. The van der Waals surface area contributed by atoms with Gasteiger partial charge in [-0.15, -0.1) is 0 Å². The molecule has 110 valence electrons. The van der Waals surface area contributed by atoms with Crippen LogP contribution in [0.2, 0.25) is 0 Å². The SMILES string of the molecule is O=C(O)c1c(Oc2ccccc2)cnn1-c1cccc(F)c1. The lowest BCUT2D eigenvalue weighted by molar-refractivity contribution is 0.0684. The second-order valence-corrected chi connectivity index (χ2v) is 4.47. The Labute approximate surface area is 125 Å². The third-order valence-corrected chi connectivity index (χ3v) is 2.96. The minimum Gasteiger partial charge on any atom is -0.476 e. The van der Waals surface area contributed by atoms with Gasteiger partial charge in [0.2, 0.25) is 0 Å². The van der Waals surface area contributed by atoms with Crippen LogP contribution in [0, 0.1) is 5.82 Å². The van der Waals surface area contributed by atoms with Crippen LogP contribution in [0.25, 0.3) is 5.69 Å². The molecule has 0 spiro atoms. The number of ether oxygens (including phenoxy) is 1. The highest BCUT2D eigenvalue weighted by Gasteiger charge is 2.21. The summed E-state index contributed by atoms with van der Waals surface area (Å²) < 4.78 is 20.0. The molecule has 1 N–H and O–H groups in total. The topological polar surface area (TPSA) is 64.3 Å². The molecular weight excluding hydrogens is 287 g/mol. The van der Waals surface area contributed by atoms with Gasteiger partial charge in [-0.05, 0) is 30.3 Å². The first-order chi connectivity index (χ1) is 10.6. The first-order valence-corrected chi connectivity index (χ1v) is 6.45. The summed E-state index contributed by atoms with van der Waals surface area (Å²) in [5.74, 6) is -1.12. The Hall–Kier alpha value is -3.15. The van der Waals surface area contributed by atoms with E-state index in [1.54, 1.807) is 30.3 Å². The number of rotatable bonds is 4. The van der Waals surface area contributed by atoms with Gasteiger partial charge in [-0.1, -0.05) is 24.3 Å². The van der Waals surface area contributed by atoms with Crippen LogP contribution >= 0.6 is 0 Å². The largest absolute Gasteiger partial charge is 0.476 e. The van der Waals surface area contributed by atoms with E-state index in [0.29, 0.717) is 11.4 Å². The summed E-state index contributed by atoms with van der Waals surface area (Å²) in [4.78, 5) is 11.5. The first kappa shape index (κ1) is 13.8. The summed E-state index contributed by atoms with van der Waals surface area (Å²) in [6, 6.07) is 14.3. The maximum Gasteiger partial charge on any atom is 0.358 e. The fourth-order valence-electron chi connectivity index (χ4n) is 2.02. The molecule has 1 heterocycles. The minimum atomic E-state index is -1.22. The van der Waals surface area contributed by atoms with Gasteiger partial charge >= 0.3 is 5.97 Å². The van der Waals surface area contributed by atoms with Crippen LogP contribution in [0.15, 0.2) is 60.8 Å². The number of nitrogens with zero attached hydrogens (tertiary/aromatic N) is 2. The van der Waals surface area contributed by atoms with Crippen molar-refractivity contribution >= 4 is 5.97 Å². The highest BCUT2D eigenvalue weighted by Crippen LogP contribution is 2.27. The quantitative estimate of drug-likeness (QED) is 0.800. The summed E-state index contributed by atoms with van der Waals surface area (Å²) in [5, 5.41) is 13.4. The fourth-order valence-corrected chi connectivity index (χ4v) is 2.02. The molecule has 0 unspecified atom stereocenters. The van der Waals surface area contributed by atoms with Gasteiger partial charge in [0.25, 0.3) is 0 Å². The number of aromatic carboxylic acids is 1. The van der Waals surface area contributed by atoms with Crippen molar-refractivity contribution in [1.29, 1.82) is 0 Å². The zero-order chi connectivity index (χ0) is 15.5. The summed E-state index contributed by atoms with van der Waals surface area (Å²) in [7, 11) is 0. The summed E-state index contributed by atoms with van der Waals surface area (Å²) in [5.41, 5.74) is 0.134. The first-order valence-electron chi connectivity index (χ1n) is 6.45. The number of hydrogen-bond acceptors (Lipinski definition) is 3. The Morgan fingerprint density at radius 1 is 1.14 bits per heavy atom. The van der Waals surface area contributed by atoms with E-state index in [9.17, 15) is 14.3 Å². The van der Waals surface area contributed by atoms with E-state index in [4.69, 9.17) is 4.74 Å². The van der Waals surface area contributed by atoms with Crippen molar-refractivity contribution in [3.8, 4) is 17.2 Å². The third-order valence-electron chi connectivity index (χ3n) is 2.96. The normalized spacial score (nSPS) is 10.4. The Kier molecular flexibility index (Phi) is 3.57. The van der Waals surface area contributed by atoms with E-state index in [2.05, 4.69) is 5.10 Å². The number of para-hydroxylation sites is 1. The van der Waals surface area contributed by atoms with E-state index >= 15 is 0 Å². The van der Waals surface area contributed by atoms with Crippen molar-refractivity contribution in [3.63, 3.8) is 0 Å². The van der Waals surface area contributed by atoms with Gasteiger partial charge < -0.3 is 9.84 Å². The second-order valence-electron chi connectivity index (χ2n) is 4.47. The zero-order valence-corrected chi connectivity index (χ0v) is 11.3. The van der Waals surface area contributed by atoms with Crippen LogP contribution in [0.5, 0.6) is 11.5 Å². The highest BCUT2D eigenvalue weighted by molar-refractivity contribution is 5.89. The highest BCUT2D eigenvalue weighted by atomic mass is 19.1. The van der Waals surface area contributed by atoms with Crippen molar-refractivity contribution in [2.24, 2.45) is 0 Å². The van der Waals surface area contributed by atoms with Crippen LogP contribution in [-0.2, 0) is 0 Å². The molecule has 22 heavy (non-hydrogen) atoms. The molecule has 0 bridgehead atoms. The third kappa shape index (κ3) is 2.67. The number of aromatic nitrogens is 2. The van der Waals surface area contributed by atoms with Crippen molar-refractivity contribution < 1.29 is 19.0 Å². The van der Waals surface area contributed by atoms with Crippen LogP contribution in [0.1, 0.15) is 10.5 Å². The molecule has 0 aliphatic heterocycles. The molecular formula is C16H11FN2O3. The fraction of sp³-hybridized carbons (Fsp3) is 0. The molecule has 0 saturated heterocycles. The van der Waals surface area contributed by atoms with E-state index < -0.39 is 11.8 Å². The standard InChI is InChI=1S/C16H11FN2O3/c17-11-5-4-6-12(9-11)19-15(16(20)21)14(10-18-19)22-13-7-2-1-3-8-13/h1-10H,(H,20,21). The molecule has 0 radical (unpaired) electrons. The van der Waals surface area contributed by atoms with Gasteiger partial charge in [-0.3, -0.25) is 0 Å². The average Bonchev–Trinajstić information content (AvgIpc) is 2.92. The van der Waals surface area contributed by atoms with Crippen molar-refractivity contribution in [3.05, 3.63) is 72.3 Å². The maximum atomic E-state index is 13.3. The number of benzene rings is 2. The lowest BCUT2D eigenvalue weighted by Crippen LogP contribution is -2.09. The van der Waals surface area contributed by atoms with Crippen molar-refractivity contribution in [2.75, 3.05) is 0 Å². The number of carboxylic acids is 1. The molecule has 0 atom stereocenters. The van der Waals surface area contributed by atoms with Gasteiger partial charge in [0.15, 0.2) is 11.4 Å². The maximum absolute atomic E-state index is 13.3. The van der Waals surface area contributed by atoms with Crippen molar-refractivity contribution in [2.45, 2.75) is 0 Å². The molecule has 1 aromatic heterocycles. The Morgan fingerprint density at radius 2 is 1.91 bits per heavy atom. The lowest BCUT2D eigenvalue weighted by Gasteiger charge is -2.07. The number of hydrogen-bond donors (Lipinski definition) is 1. The Morgan fingerprint density at radius 3 is 2.59 bits per heavy atom. The molecule has 0 saturated carbocycles. The predicted octanol–water partition coefficient (Wildman–Crippen LogP) is 3.50. The smallest absolute Gasteiger partial charge is 0.358 e. The predicted molar refractivity (Wildman–Crippen MR) is 77.0 cm³/mol. The second kappa shape index (κ2) is 5.69. The molecule has 6 heteroatoms. The van der Waals surface area contributed by atoms with Gasteiger partial charge in [0.05, 0.1) is 11.9 Å². The number of carbonyl (C=O) groups is 1. The van der Waals surface area contributed by atoms with Crippen LogP contribution in [-0.4, -0.2) is 20.9 Å². The van der Waals surface area contributed by atoms with Gasteiger partial charge in [0.1, 0.15) is 11.6 Å². The molecule has 5 nitrogen and oxygen atoms in total. The average molecular weight is 298 g/mol. The van der Waals surface area contributed by atoms with Gasteiger partial charge in [0, 0.05) is 0 Å². The summed E-state index contributed by atoms with van der Waals surface area (Å²) >= 11 is 0. The van der Waals surface area contributed by atoms with E-state index in [0.717, 1.165) is 4.68 Å². The monoisotopic (exact) mass is 298 g/mol. The van der Waals surface area contributed by atoms with Crippen molar-refractivity contribution in [1.82, 2.24) is 9.78 Å². The molecule has 0 amide bonds. The molecule has 0 aliphatic rings. The van der Waals surface area contributed by atoms with Crippen LogP contribution in [0.3, 0.4) is 0 Å². The van der Waals surface area contributed by atoms with E-state index in [1.807, 2.05) is 6.07 Å². The number of carboxylic acid groups (broad SMARTS) is 1. The molecule has 0 aliphatic carbocycles. The molecule has 0 fully saturated rings. The Bertz CT molecular complexity index is 815. The molecule has 3 rings (SSSR count). The Balaban J connectivity index is 2.04. The molecule has 3 aromatic rings. The van der Waals surface area contributed by atoms with Gasteiger partial charge in [-0.2, -0.15) is 5.10 Å². The van der Waals surface area contributed by atoms with E-state index in [1.165, 1.54) is 24.4 Å². The molecule has 2 aromatic carbocycles. The zero-order valence-electron chi connectivity index (χ0n) is 11.3. The van der Waals surface area contributed by atoms with E-state index in [-0.39, 0.29) is 11.4 Å². The van der Waals surface area contributed by atoms with Crippen LogP contribution in [0.4, 0.5) is 4.39 Å². The summed E-state index contributed by atoms with van der Waals surface area (Å²) in [6.45, 7) is 0. The van der Waals surface area contributed by atoms with Gasteiger partial charge in [-0.25, -0.2) is 13.9 Å². The number of halogens is 1. The minimum absolute atomic E-state index is 0.0861. The lowest BCUT2D eigenvalue weighted by atomic mass is 10.3.